The maximum absolute atomic E-state index is 12.2. The molecule has 176 valence electrons. The van der Waals surface area contributed by atoms with Crippen molar-refractivity contribution in [2.45, 2.75) is 17.9 Å². The second kappa shape index (κ2) is 9.58. The van der Waals surface area contributed by atoms with Gasteiger partial charge in [-0.1, -0.05) is 91.0 Å². The summed E-state index contributed by atoms with van der Waals surface area (Å²) in [6.45, 7) is 0.0321. The van der Waals surface area contributed by atoms with Gasteiger partial charge >= 0.3 is 5.69 Å². The third kappa shape index (κ3) is 4.35. The van der Waals surface area contributed by atoms with Crippen LogP contribution in [0.2, 0.25) is 0 Å². The third-order valence-corrected chi connectivity index (χ3v) is 6.02. The zero-order valence-electron chi connectivity index (χ0n) is 18.8. The first kappa shape index (κ1) is 22.6. The predicted molar refractivity (Wildman–Crippen MR) is 131 cm³/mol. The Morgan fingerprint density at radius 2 is 1.34 bits per heavy atom. The Balaban J connectivity index is 1.51. The lowest BCUT2D eigenvalue weighted by Crippen LogP contribution is -2.35. The third-order valence-electron chi connectivity index (χ3n) is 6.02. The molecule has 0 amide bonds. The summed E-state index contributed by atoms with van der Waals surface area (Å²) in [6.07, 6.45) is 0.734. The molecular weight excluding hydrogens is 444 g/mol. The second-order valence-corrected chi connectivity index (χ2v) is 8.22. The number of aromatic nitrogens is 2. The van der Waals surface area contributed by atoms with E-state index in [1.807, 2.05) is 91.0 Å². The van der Waals surface area contributed by atoms with Crippen molar-refractivity contribution < 1.29 is 14.6 Å². The molecule has 7 nitrogen and oxygen atoms in total. The molecule has 3 aromatic carbocycles. The number of aliphatic hydroxyl groups is 1. The van der Waals surface area contributed by atoms with Crippen LogP contribution in [0.5, 0.6) is 0 Å². The van der Waals surface area contributed by atoms with Gasteiger partial charge in [0, 0.05) is 12.3 Å². The molecule has 0 bridgehead atoms. The van der Waals surface area contributed by atoms with Crippen LogP contribution in [0.3, 0.4) is 0 Å². The highest BCUT2D eigenvalue weighted by atomic mass is 16.6. The fourth-order valence-corrected chi connectivity index (χ4v) is 4.42. The normalized spacial score (nSPS) is 17.6. The molecule has 7 heteroatoms. The van der Waals surface area contributed by atoms with Crippen LogP contribution >= 0.6 is 0 Å². The smallest absolute Gasteiger partial charge is 0.331 e. The van der Waals surface area contributed by atoms with Crippen molar-refractivity contribution >= 4 is 0 Å². The lowest BCUT2D eigenvalue weighted by molar-refractivity contribution is -0.0369. The molecule has 2 atom stereocenters. The van der Waals surface area contributed by atoms with Gasteiger partial charge in [-0.25, -0.2) is 4.79 Å². The van der Waals surface area contributed by atoms with Crippen molar-refractivity contribution in [2.24, 2.45) is 0 Å². The van der Waals surface area contributed by atoms with Crippen molar-refractivity contribution in [3.05, 3.63) is 153 Å². The number of nitrogens with one attached hydrogen (secondary N) is 1. The van der Waals surface area contributed by atoms with Gasteiger partial charge in [0.2, 0.25) is 6.23 Å². The monoisotopic (exact) mass is 468 g/mol. The highest BCUT2D eigenvalue weighted by Gasteiger charge is 2.39. The summed E-state index contributed by atoms with van der Waals surface area (Å²) >= 11 is 0. The molecule has 2 heterocycles. The van der Waals surface area contributed by atoms with Crippen molar-refractivity contribution in [2.75, 3.05) is 6.61 Å². The van der Waals surface area contributed by atoms with E-state index in [9.17, 15) is 14.7 Å². The minimum absolute atomic E-state index is 0.0321. The predicted octanol–water partition coefficient (Wildman–Crippen LogP) is 3.32. The number of nitrogens with zero attached hydrogens (tertiary/aromatic N) is 1. The van der Waals surface area contributed by atoms with E-state index in [0.717, 1.165) is 21.3 Å². The number of aliphatic hydroxyl groups excluding tert-OH is 1. The number of ether oxygens (including phenoxy) is 2. The van der Waals surface area contributed by atoms with E-state index in [1.165, 1.54) is 18.3 Å². The van der Waals surface area contributed by atoms with Crippen molar-refractivity contribution in [3.63, 3.8) is 0 Å². The quantitative estimate of drug-likeness (QED) is 0.406. The van der Waals surface area contributed by atoms with Crippen LogP contribution in [0.4, 0.5) is 0 Å². The molecule has 1 aliphatic heterocycles. The Morgan fingerprint density at radius 3 is 1.83 bits per heavy atom. The van der Waals surface area contributed by atoms with E-state index in [-0.39, 0.29) is 6.61 Å². The van der Waals surface area contributed by atoms with Crippen LogP contribution in [-0.4, -0.2) is 27.4 Å². The first-order valence-corrected chi connectivity index (χ1v) is 11.3. The molecule has 0 saturated carbocycles. The van der Waals surface area contributed by atoms with Crippen LogP contribution < -0.4 is 11.2 Å². The molecule has 2 N–H and O–H groups in total. The average Bonchev–Trinajstić information content (AvgIpc) is 3.26. The van der Waals surface area contributed by atoms with Gasteiger partial charge in [0.25, 0.3) is 5.56 Å². The highest BCUT2D eigenvalue weighted by molar-refractivity contribution is 5.47. The first-order chi connectivity index (χ1) is 17.1. The maximum Gasteiger partial charge on any atom is 0.331 e. The molecule has 0 radical (unpaired) electrons. The molecule has 5 rings (SSSR count). The van der Waals surface area contributed by atoms with Crippen LogP contribution in [0.15, 0.2) is 125 Å². The lowest BCUT2D eigenvalue weighted by atomic mass is 9.80. The van der Waals surface area contributed by atoms with Crippen molar-refractivity contribution in [3.8, 4) is 0 Å². The van der Waals surface area contributed by atoms with Gasteiger partial charge in [-0.15, -0.1) is 0 Å². The zero-order valence-corrected chi connectivity index (χ0v) is 18.8. The summed E-state index contributed by atoms with van der Waals surface area (Å²) < 4.78 is 13.8. The van der Waals surface area contributed by atoms with E-state index >= 15 is 0 Å². The van der Waals surface area contributed by atoms with E-state index in [4.69, 9.17) is 9.47 Å². The first-order valence-electron chi connectivity index (χ1n) is 11.3. The Hall–Kier alpha value is -4.20. The van der Waals surface area contributed by atoms with Gasteiger partial charge in [0.05, 0.1) is 0 Å². The van der Waals surface area contributed by atoms with Gasteiger partial charge < -0.3 is 14.6 Å². The van der Waals surface area contributed by atoms with Crippen LogP contribution in [0.25, 0.3) is 0 Å². The largest absolute Gasteiger partial charge is 0.469 e. The molecule has 0 unspecified atom stereocenters. The molecule has 0 fully saturated rings. The molecule has 0 aliphatic carbocycles. The van der Waals surface area contributed by atoms with Crippen molar-refractivity contribution in [1.29, 1.82) is 0 Å². The maximum atomic E-state index is 12.2. The number of hydrogen-bond donors (Lipinski definition) is 2. The van der Waals surface area contributed by atoms with Crippen LogP contribution in [0, 0.1) is 0 Å². The topological polar surface area (TPSA) is 93.5 Å². The summed E-state index contributed by atoms with van der Waals surface area (Å²) in [5.74, 6) is 0.382. The summed E-state index contributed by atoms with van der Waals surface area (Å²) in [7, 11) is 0. The Kier molecular flexibility index (Phi) is 6.18. The Morgan fingerprint density at radius 1 is 0.829 bits per heavy atom. The molecular formula is C28H24N2O5. The number of aromatic amines is 1. The molecule has 1 aliphatic rings. The Bertz CT molecular complexity index is 1330. The Labute approximate surface area is 201 Å². The SMILES string of the molecule is O=c1ccn([C@@H]2OC(COC(c3ccccc3)(c3ccccc3)c3ccccc3)=C[C@@H]2O)c(=O)[nH]1. The number of H-pyrrole nitrogens is 1. The van der Waals surface area contributed by atoms with E-state index in [1.54, 1.807) is 0 Å². The molecule has 1 aromatic heterocycles. The van der Waals surface area contributed by atoms with Crippen molar-refractivity contribution in [1.82, 2.24) is 9.55 Å². The van der Waals surface area contributed by atoms with Gasteiger partial charge in [-0.2, -0.15) is 0 Å². The summed E-state index contributed by atoms with van der Waals surface area (Å²) in [4.78, 5) is 25.8. The van der Waals surface area contributed by atoms with Gasteiger partial charge in [0.15, 0.2) is 0 Å². The summed E-state index contributed by atoms with van der Waals surface area (Å²) in [6, 6.07) is 31.0. The molecule has 0 spiro atoms. The van der Waals surface area contributed by atoms with Crippen LogP contribution in [-0.2, 0) is 15.1 Å². The standard InChI is InChI=1S/C28H24N2O5/c31-24-18-23(35-26(24)30-17-16-25(32)29-27(30)33)19-34-28(20-10-4-1-5-11-20,21-12-6-2-7-13-21)22-14-8-3-9-15-22/h1-18,24,26,31H,19H2,(H,29,32,33)/t24-,26+/m0/s1. The van der Waals surface area contributed by atoms with Crippen LogP contribution in [0.1, 0.15) is 22.9 Å². The zero-order chi connectivity index (χ0) is 24.3. The molecule has 35 heavy (non-hydrogen) atoms. The second-order valence-electron chi connectivity index (χ2n) is 8.22. The fraction of sp³-hybridized carbons (Fsp3) is 0.143. The number of rotatable bonds is 7. The van der Waals surface area contributed by atoms with E-state index in [0.29, 0.717) is 5.76 Å². The minimum atomic E-state index is -1.09. The summed E-state index contributed by atoms with van der Waals surface area (Å²) in [5, 5.41) is 10.6. The van der Waals surface area contributed by atoms with Gasteiger partial charge in [-0.05, 0) is 22.8 Å². The fourth-order valence-electron chi connectivity index (χ4n) is 4.42. The number of benzene rings is 3. The lowest BCUT2D eigenvalue weighted by Gasteiger charge is -2.36. The molecule has 4 aromatic rings. The van der Waals surface area contributed by atoms with E-state index < -0.39 is 29.2 Å². The number of hydrogen-bond acceptors (Lipinski definition) is 5. The van der Waals surface area contributed by atoms with Gasteiger partial charge in [0.1, 0.15) is 24.1 Å². The van der Waals surface area contributed by atoms with Gasteiger partial charge in [-0.3, -0.25) is 14.3 Å². The molecule has 0 saturated heterocycles. The summed E-state index contributed by atoms with van der Waals surface area (Å²) in [5.41, 5.74) is 0.670. The van der Waals surface area contributed by atoms with E-state index in [2.05, 4.69) is 4.98 Å². The minimum Gasteiger partial charge on any atom is -0.469 e. The average molecular weight is 469 g/mol. The highest BCUT2D eigenvalue weighted by Crippen LogP contribution is 2.41.